The fourth-order valence-corrected chi connectivity index (χ4v) is 5.03. The zero-order valence-corrected chi connectivity index (χ0v) is 20.7. The Kier molecular flexibility index (Phi) is 6.74. The Hall–Kier alpha value is -3.71. The Morgan fingerprint density at radius 2 is 1.67 bits per heavy atom. The maximum Gasteiger partial charge on any atom is 0.412 e. The van der Waals surface area contributed by atoms with Crippen molar-refractivity contribution >= 4 is 23.1 Å². The van der Waals surface area contributed by atoms with E-state index in [2.05, 4.69) is 29.6 Å². The quantitative estimate of drug-likeness (QED) is 0.274. The molecule has 1 aliphatic carbocycles. The summed E-state index contributed by atoms with van der Waals surface area (Å²) < 4.78 is 38.5. The van der Waals surface area contributed by atoms with Gasteiger partial charge in [0.2, 0.25) is 0 Å². The molecule has 1 amide bonds. The van der Waals surface area contributed by atoms with Crippen molar-refractivity contribution < 1.29 is 23.0 Å². The van der Waals surface area contributed by atoms with Gasteiger partial charge in [0.15, 0.2) is 5.13 Å². The zero-order valence-electron chi connectivity index (χ0n) is 19.9. The smallest absolute Gasteiger partial charge is 0.412 e. The van der Waals surface area contributed by atoms with Crippen LogP contribution in [0, 0.1) is 10.9 Å². The Balaban J connectivity index is 1.35. The second-order valence-electron chi connectivity index (χ2n) is 8.83. The van der Waals surface area contributed by atoms with Gasteiger partial charge in [-0.25, -0.2) is 9.18 Å². The fraction of sp³-hybridized carbons (Fsp3) is 0.207. The van der Waals surface area contributed by atoms with Crippen molar-refractivity contribution in [2.45, 2.75) is 31.8 Å². The molecule has 1 aliphatic rings. The second-order valence-corrected chi connectivity index (χ2v) is 9.83. The highest BCUT2D eigenvalue weighted by Crippen LogP contribution is 2.43. The summed E-state index contributed by atoms with van der Waals surface area (Å²) in [5, 5.41) is 2.20. The highest BCUT2D eigenvalue weighted by Gasteiger charge is 2.23. The summed E-state index contributed by atoms with van der Waals surface area (Å²) in [5.41, 5.74) is 4.99. The molecule has 1 N–H and O–H groups in total. The number of carbonyl (C=O) groups is 1. The molecule has 0 bridgehead atoms. The van der Waals surface area contributed by atoms with Crippen LogP contribution in [0.3, 0.4) is 0 Å². The molecule has 0 spiro atoms. The van der Waals surface area contributed by atoms with Gasteiger partial charge in [0, 0.05) is 11.6 Å². The molecule has 36 heavy (non-hydrogen) atoms. The average molecular weight is 506 g/mol. The zero-order chi connectivity index (χ0) is 25.2. The van der Waals surface area contributed by atoms with Crippen molar-refractivity contribution in [2.75, 3.05) is 12.4 Å². The average Bonchev–Trinajstić information content (AvgIpc) is 3.67. The first-order valence-corrected chi connectivity index (χ1v) is 12.5. The summed E-state index contributed by atoms with van der Waals surface area (Å²) >= 11 is 0.925. The van der Waals surface area contributed by atoms with Crippen molar-refractivity contribution in [3.05, 3.63) is 94.9 Å². The van der Waals surface area contributed by atoms with Gasteiger partial charge in [0.05, 0.1) is 17.7 Å². The van der Waals surface area contributed by atoms with Crippen LogP contribution in [0.4, 0.5) is 19.3 Å². The molecule has 4 aromatic rings. The van der Waals surface area contributed by atoms with E-state index in [-0.39, 0.29) is 5.82 Å². The van der Waals surface area contributed by atoms with Gasteiger partial charge in [-0.15, -0.1) is 11.3 Å². The topological polar surface area (TPSA) is 47.6 Å². The van der Waals surface area contributed by atoms with Crippen LogP contribution in [0.25, 0.3) is 21.6 Å². The molecule has 5 rings (SSSR count). The number of rotatable bonds is 7. The van der Waals surface area contributed by atoms with Gasteiger partial charge in [0.25, 0.3) is 0 Å². The highest BCUT2D eigenvalue weighted by molar-refractivity contribution is 7.14. The lowest BCUT2D eigenvalue weighted by atomic mass is 9.99. The van der Waals surface area contributed by atoms with E-state index in [4.69, 9.17) is 9.47 Å². The van der Waals surface area contributed by atoms with Crippen molar-refractivity contribution in [1.82, 2.24) is 0 Å². The largest absolute Gasteiger partial charge is 0.496 e. The van der Waals surface area contributed by atoms with Crippen LogP contribution >= 0.6 is 11.3 Å². The third kappa shape index (κ3) is 5.26. The van der Waals surface area contributed by atoms with Gasteiger partial charge in [-0.2, -0.15) is 4.39 Å². The van der Waals surface area contributed by atoms with Crippen molar-refractivity contribution in [2.24, 2.45) is 0 Å². The number of anilines is 1. The number of halogens is 2. The molecule has 1 atom stereocenters. The number of thiophene rings is 1. The van der Waals surface area contributed by atoms with Crippen molar-refractivity contribution in [1.29, 1.82) is 0 Å². The van der Waals surface area contributed by atoms with Crippen LogP contribution in [0.2, 0.25) is 0 Å². The molecule has 1 aromatic heterocycles. The minimum Gasteiger partial charge on any atom is -0.496 e. The molecular weight excluding hydrogens is 480 g/mol. The van der Waals surface area contributed by atoms with Crippen LogP contribution in [0.1, 0.15) is 42.9 Å². The van der Waals surface area contributed by atoms with Gasteiger partial charge in [-0.1, -0.05) is 48.5 Å². The monoisotopic (exact) mass is 505 g/mol. The summed E-state index contributed by atoms with van der Waals surface area (Å²) in [5.74, 6) is 0.970. The Morgan fingerprint density at radius 3 is 2.33 bits per heavy atom. The maximum atomic E-state index is 14.3. The number of nitrogens with one attached hydrogen (secondary N) is 1. The molecule has 0 radical (unpaired) electrons. The lowest BCUT2D eigenvalue weighted by Gasteiger charge is -2.15. The van der Waals surface area contributed by atoms with Gasteiger partial charge >= 0.3 is 6.09 Å². The van der Waals surface area contributed by atoms with E-state index >= 15 is 0 Å². The number of carbonyl (C=O) groups excluding carboxylic acids is 1. The normalized spacial score (nSPS) is 13.8. The molecule has 0 aliphatic heterocycles. The number of ether oxygens (including phenoxy) is 2. The number of amides is 1. The first kappa shape index (κ1) is 24.0. The van der Waals surface area contributed by atoms with Gasteiger partial charge in [-0.05, 0) is 66.1 Å². The van der Waals surface area contributed by atoms with E-state index in [0.717, 1.165) is 22.5 Å². The number of methoxy groups -OCH3 is 1. The van der Waals surface area contributed by atoms with E-state index in [1.807, 2.05) is 18.2 Å². The van der Waals surface area contributed by atoms with Gasteiger partial charge < -0.3 is 9.47 Å². The highest BCUT2D eigenvalue weighted by atomic mass is 32.1. The predicted molar refractivity (Wildman–Crippen MR) is 139 cm³/mol. The molecule has 0 saturated heterocycles. The van der Waals surface area contributed by atoms with Crippen LogP contribution < -0.4 is 10.1 Å². The fourth-order valence-electron chi connectivity index (χ4n) is 4.19. The van der Waals surface area contributed by atoms with Crippen LogP contribution in [0.15, 0.2) is 72.8 Å². The standard InChI is InChI=1S/C29H25F2NO3S/c1-17(18-9-12-23(30)13-10-18)35-29(33)32-25-16-27(31)36-28(25)22-11-14-24(26(15-22)34-2)21-7-5-20(6-8-21)19-3-4-19/h5-17,19H,3-4H2,1-2H3,(H,32,33). The van der Waals surface area contributed by atoms with E-state index in [0.29, 0.717) is 33.4 Å². The van der Waals surface area contributed by atoms with Crippen LogP contribution in [-0.2, 0) is 4.74 Å². The van der Waals surface area contributed by atoms with E-state index in [1.54, 1.807) is 26.2 Å². The Morgan fingerprint density at radius 1 is 0.972 bits per heavy atom. The lowest BCUT2D eigenvalue weighted by Crippen LogP contribution is -2.16. The lowest BCUT2D eigenvalue weighted by molar-refractivity contribution is 0.121. The molecule has 184 valence electrons. The molecule has 1 saturated carbocycles. The number of benzene rings is 3. The minimum atomic E-state index is -0.731. The summed E-state index contributed by atoms with van der Waals surface area (Å²) in [7, 11) is 1.60. The first-order valence-electron chi connectivity index (χ1n) is 11.7. The van der Waals surface area contributed by atoms with Crippen molar-refractivity contribution in [3.63, 3.8) is 0 Å². The molecule has 3 aromatic carbocycles. The molecule has 1 unspecified atom stereocenters. The van der Waals surface area contributed by atoms with Gasteiger partial charge in [-0.3, -0.25) is 5.32 Å². The maximum absolute atomic E-state index is 14.3. The van der Waals surface area contributed by atoms with Gasteiger partial charge in [0.1, 0.15) is 17.7 Å². The molecule has 1 heterocycles. The summed E-state index contributed by atoms with van der Waals surface area (Å²) in [6, 6.07) is 21.2. The third-order valence-corrected chi connectivity index (χ3v) is 7.27. The summed E-state index contributed by atoms with van der Waals surface area (Å²) in [6.45, 7) is 1.68. The minimum absolute atomic E-state index is 0.303. The predicted octanol–water partition coefficient (Wildman–Crippen LogP) is 8.56. The first-order chi connectivity index (χ1) is 17.4. The van der Waals surface area contributed by atoms with E-state index < -0.39 is 17.3 Å². The van der Waals surface area contributed by atoms with E-state index in [9.17, 15) is 13.6 Å². The number of hydrogen-bond donors (Lipinski definition) is 1. The third-order valence-electron chi connectivity index (χ3n) is 6.30. The SMILES string of the molecule is COc1cc(-c2sc(F)cc2NC(=O)OC(C)c2ccc(F)cc2)ccc1-c1ccc(C2CC2)cc1. The van der Waals surface area contributed by atoms with E-state index in [1.165, 1.54) is 36.6 Å². The summed E-state index contributed by atoms with van der Waals surface area (Å²) in [6.07, 6.45) is 1.17. The van der Waals surface area contributed by atoms with Crippen molar-refractivity contribution in [3.8, 4) is 27.3 Å². The second kappa shape index (κ2) is 10.1. The number of hydrogen-bond acceptors (Lipinski definition) is 4. The molecule has 4 nitrogen and oxygen atoms in total. The molecular formula is C29H25F2NO3S. The molecule has 7 heteroatoms. The van der Waals surface area contributed by atoms with Crippen LogP contribution in [-0.4, -0.2) is 13.2 Å². The molecule has 1 fully saturated rings. The summed E-state index contributed by atoms with van der Waals surface area (Å²) in [4.78, 5) is 13.1. The Bertz CT molecular complexity index is 1380. The Labute approximate surface area is 212 Å². The van der Waals surface area contributed by atoms with Crippen LogP contribution in [0.5, 0.6) is 5.75 Å².